The Hall–Kier alpha value is -2.93. The van der Waals surface area contributed by atoms with Crippen molar-refractivity contribution in [1.29, 1.82) is 0 Å². The highest BCUT2D eigenvalue weighted by atomic mass is 35.5. The summed E-state index contributed by atoms with van der Waals surface area (Å²) in [5.41, 5.74) is 1.01. The molecule has 0 heterocycles. The van der Waals surface area contributed by atoms with Crippen LogP contribution in [0.4, 0.5) is 0 Å². The maximum absolute atomic E-state index is 11.9. The molecular formula is C19H20ClNO6. The van der Waals surface area contributed by atoms with E-state index in [1.807, 2.05) is 0 Å². The fourth-order valence-corrected chi connectivity index (χ4v) is 2.51. The van der Waals surface area contributed by atoms with Crippen LogP contribution in [-0.2, 0) is 16.1 Å². The minimum Gasteiger partial charge on any atom is -0.493 e. The van der Waals surface area contributed by atoms with Crippen LogP contribution in [0.15, 0.2) is 36.4 Å². The standard InChI is InChI=1S/C19H20ClNO6/c1-24-15-7-12(8-16(25-2)18(15)26-3)10-21-17(22)11-27-19(23)13-5-4-6-14(20)9-13/h4-9H,10-11H2,1-3H3,(H,21,22). The lowest BCUT2D eigenvalue weighted by molar-refractivity contribution is -0.124. The Morgan fingerprint density at radius 3 is 2.22 bits per heavy atom. The van der Waals surface area contributed by atoms with E-state index in [0.29, 0.717) is 22.3 Å². The lowest BCUT2D eigenvalue weighted by Crippen LogP contribution is -2.28. The van der Waals surface area contributed by atoms with E-state index in [1.54, 1.807) is 30.3 Å². The molecule has 1 N–H and O–H groups in total. The SMILES string of the molecule is COc1cc(CNC(=O)COC(=O)c2cccc(Cl)c2)cc(OC)c1OC. The summed E-state index contributed by atoms with van der Waals surface area (Å²) in [6.45, 7) is -0.208. The number of hydrogen-bond donors (Lipinski definition) is 1. The van der Waals surface area contributed by atoms with Gasteiger partial charge >= 0.3 is 5.97 Å². The van der Waals surface area contributed by atoms with Gasteiger partial charge in [0.1, 0.15) is 0 Å². The molecule has 0 aliphatic rings. The third-order valence-electron chi connectivity index (χ3n) is 3.61. The van der Waals surface area contributed by atoms with Crippen molar-refractivity contribution in [2.75, 3.05) is 27.9 Å². The van der Waals surface area contributed by atoms with Gasteiger partial charge in [-0.05, 0) is 35.9 Å². The van der Waals surface area contributed by atoms with E-state index in [2.05, 4.69) is 5.32 Å². The topological polar surface area (TPSA) is 83.1 Å². The molecule has 144 valence electrons. The highest BCUT2D eigenvalue weighted by molar-refractivity contribution is 6.30. The molecule has 0 aromatic heterocycles. The zero-order valence-electron chi connectivity index (χ0n) is 15.2. The first-order valence-corrected chi connectivity index (χ1v) is 8.34. The van der Waals surface area contributed by atoms with Crippen molar-refractivity contribution in [1.82, 2.24) is 5.32 Å². The molecule has 0 saturated heterocycles. The molecule has 8 heteroatoms. The number of amides is 1. The average Bonchev–Trinajstić information content (AvgIpc) is 2.69. The summed E-state index contributed by atoms with van der Waals surface area (Å²) in [5, 5.41) is 3.08. The van der Waals surface area contributed by atoms with Crippen LogP contribution in [0.3, 0.4) is 0 Å². The smallest absolute Gasteiger partial charge is 0.338 e. The molecule has 0 unspecified atom stereocenters. The van der Waals surface area contributed by atoms with E-state index < -0.39 is 18.5 Å². The quantitative estimate of drug-likeness (QED) is 0.694. The minimum atomic E-state index is -0.625. The average molecular weight is 394 g/mol. The predicted molar refractivity (Wildman–Crippen MR) is 99.7 cm³/mol. The molecule has 0 atom stereocenters. The second kappa shape index (κ2) is 9.68. The van der Waals surface area contributed by atoms with Crippen molar-refractivity contribution in [2.45, 2.75) is 6.54 Å². The van der Waals surface area contributed by atoms with Gasteiger partial charge in [0.15, 0.2) is 18.1 Å². The highest BCUT2D eigenvalue weighted by Crippen LogP contribution is 2.38. The number of hydrogen-bond acceptors (Lipinski definition) is 6. The zero-order valence-corrected chi connectivity index (χ0v) is 16.0. The monoisotopic (exact) mass is 393 g/mol. The van der Waals surface area contributed by atoms with Crippen molar-refractivity contribution in [3.8, 4) is 17.2 Å². The fourth-order valence-electron chi connectivity index (χ4n) is 2.32. The van der Waals surface area contributed by atoms with Gasteiger partial charge in [0.2, 0.25) is 5.75 Å². The van der Waals surface area contributed by atoms with Gasteiger partial charge in [0, 0.05) is 11.6 Å². The van der Waals surface area contributed by atoms with E-state index in [9.17, 15) is 9.59 Å². The van der Waals surface area contributed by atoms with Crippen LogP contribution in [0.5, 0.6) is 17.2 Å². The van der Waals surface area contributed by atoms with Crippen LogP contribution in [0.1, 0.15) is 15.9 Å². The van der Waals surface area contributed by atoms with Crippen LogP contribution < -0.4 is 19.5 Å². The number of methoxy groups -OCH3 is 3. The van der Waals surface area contributed by atoms with Gasteiger partial charge in [0.05, 0.1) is 26.9 Å². The number of carbonyl (C=O) groups is 2. The van der Waals surface area contributed by atoms with Crippen LogP contribution in [0, 0.1) is 0 Å². The fraction of sp³-hybridized carbons (Fsp3) is 0.263. The van der Waals surface area contributed by atoms with Crippen LogP contribution in [-0.4, -0.2) is 39.8 Å². The second-order valence-electron chi connectivity index (χ2n) is 5.40. The molecule has 7 nitrogen and oxygen atoms in total. The molecule has 0 fully saturated rings. The lowest BCUT2D eigenvalue weighted by Gasteiger charge is -2.14. The zero-order chi connectivity index (χ0) is 19.8. The largest absolute Gasteiger partial charge is 0.493 e. The van der Waals surface area contributed by atoms with E-state index in [1.165, 1.54) is 27.4 Å². The number of esters is 1. The number of halogens is 1. The summed E-state index contributed by atoms with van der Waals surface area (Å²) in [7, 11) is 4.53. The molecule has 0 bridgehead atoms. The molecule has 0 saturated carbocycles. The van der Waals surface area contributed by atoms with Crippen molar-refractivity contribution < 1.29 is 28.5 Å². The van der Waals surface area contributed by atoms with E-state index in [4.69, 9.17) is 30.5 Å². The molecule has 0 aliphatic heterocycles. The molecule has 0 radical (unpaired) electrons. The second-order valence-corrected chi connectivity index (χ2v) is 5.83. The van der Waals surface area contributed by atoms with Crippen LogP contribution in [0.2, 0.25) is 5.02 Å². The van der Waals surface area contributed by atoms with E-state index in [-0.39, 0.29) is 12.1 Å². The van der Waals surface area contributed by atoms with E-state index >= 15 is 0 Å². The Morgan fingerprint density at radius 2 is 1.67 bits per heavy atom. The van der Waals surface area contributed by atoms with Gasteiger partial charge in [-0.1, -0.05) is 17.7 Å². The normalized spacial score (nSPS) is 10.1. The third-order valence-corrected chi connectivity index (χ3v) is 3.84. The molecule has 2 aromatic carbocycles. The molecular weight excluding hydrogens is 374 g/mol. The van der Waals surface area contributed by atoms with Gasteiger partial charge in [-0.2, -0.15) is 0 Å². The number of ether oxygens (including phenoxy) is 4. The molecule has 1 amide bonds. The van der Waals surface area contributed by atoms with Crippen molar-refractivity contribution >= 4 is 23.5 Å². The molecule has 0 spiro atoms. The van der Waals surface area contributed by atoms with Crippen molar-refractivity contribution in [2.24, 2.45) is 0 Å². The lowest BCUT2D eigenvalue weighted by atomic mass is 10.1. The Labute approximate surface area is 162 Å². The molecule has 2 aromatic rings. The van der Waals surface area contributed by atoms with Crippen molar-refractivity contribution in [3.63, 3.8) is 0 Å². The summed E-state index contributed by atoms with van der Waals surface area (Å²) in [5.74, 6) is 0.354. The predicted octanol–water partition coefficient (Wildman–Crippen LogP) is 2.84. The van der Waals surface area contributed by atoms with Gasteiger partial charge < -0.3 is 24.3 Å². The first-order chi connectivity index (χ1) is 13.0. The Bertz CT molecular complexity index is 799. The molecule has 2 rings (SSSR count). The Kier molecular flexibility index (Phi) is 7.31. The van der Waals surface area contributed by atoms with Gasteiger partial charge in [-0.3, -0.25) is 4.79 Å². The van der Waals surface area contributed by atoms with Crippen LogP contribution >= 0.6 is 11.6 Å². The Morgan fingerprint density at radius 1 is 1.00 bits per heavy atom. The van der Waals surface area contributed by atoms with Gasteiger partial charge in [-0.25, -0.2) is 4.79 Å². The summed E-state index contributed by atoms with van der Waals surface area (Å²) >= 11 is 5.82. The third kappa shape index (κ3) is 5.52. The van der Waals surface area contributed by atoms with Gasteiger partial charge in [-0.15, -0.1) is 0 Å². The highest BCUT2D eigenvalue weighted by Gasteiger charge is 2.14. The molecule has 0 aliphatic carbocycles. The number of rotatable bonds is 8. The first kappa shape index (κ1) is 20.4. The first-order valence-electron chi connectivity index (χ1n) is 7.96. The summed E-state index contributed by atoms with van der Waals surface area (Å²) in [4.78, 5) is 23.9. The molecule has 27 heavy (non-hydrogen) atoms. The number of nitrogens with one attached hydrogen (secondary N) is 1. The maximum Gasteiger partial charge on any atom is 0.338 e. The maximum atomic E-state index is 11.9. The summed E-state index contributed by atoms with van der Waals surface area (Å²) in [6, 6.07) is 9.74. The Balaban J connectivity index is 1.92. The minimum absolute atomic E-state index is 0.199. The van der Waals surface area contributed by atoms with Crippen LogP contribution in [0.25, 0.3) is 0 Å². The summed E-state index contributed by atoms with van der Waals surface area (Å²) < 4.78 is 20.8. The van der Waals surface area contributed by atoms with E-state index in [0.717, 1.165) is 5.56 Å². The number of benzene rings is 2. The summed E-state index contributed by atoms with van der Waals surface area (Å²) in [6.07, 6.45) is 0. The van der Waals surface area contributed by atoms with Crippen molar-refractivity contribution in [3.05, 3.63) is 52.5 Å². The number of carbonyl (C=O) groups excluding carboxylic acids is 2. The van der Waals surface area contributed by atoms with Gasteiger partial charge in [0.25, 0.3) is 5.91 Å².